The maximum absolute atomic E-state index is 12.6. The number of rotatable bonds is 12. The van der Waals surface area contributed by atoms with Crippen molar-refractivity contribution in [3.8, 4) is 5.75 Å². The third kappa shape index (κ3) is 5.81. The van der Waals surface area contributed by atoms with Crippen molar-refractivity contribution in [2.24, 2.45) is 11.8 Å². The maximum atomic E-state index is 12.6. The molecule has 2 N–H and O–H groups in total. The molecule has 34 heavy (non-hydrogen) atoms. The lowest BCUT2D eigenvalue weighted by molar-refractivity contribution is -0.127. The predicted octanol–water partition coefficient (Wildman–Crippen LogP) is 3.64. The summed E-state index contributed by atoms with van der Waals surface area (Å²) < 4.78 is 12.0. The summed E-state index contributed by atoms with van der Waals surface area (Å²) in [4.78, 5) is 15.0. The van der Waals surface area contributed by atoms with Crippen LogP contribution < -0.4 is 15.4 Å². The molecule has 0 aromatic heterocycles. The van der Waals surface area contributed by atoms with Gasteiger partial charge >= 0.3 is 0 Å². The molecule has 2 fully saturated rings. The zero-order valence-corrected chi connectivity index (χ0v) is 21.7. The number of amides is 1. The predicted molar refractivity (Wildman–Crippen MR) is 139 cm³/mol. The lowest BCUT2D eigenvalue weighted by Gasteiger charge is -2.49. The highest BCUT2D eigenvalue weighted by atomic mass is 32.2. The fraction of sp³-hybridized carbons (Fsp3) is 0.667. The van der Waals surface area contributed by atoms with Crippen LogP contribution in [-0.4, -0.2) is 74.6 Å². The number of piperidine rings is 1. The van der Waals surface area contributed by atoms with E-state index in [9.17, 15) is 4.79 Å². The molecule has 188 valence electrons. The minimum atomic E-state index is 0.00240. The van der Waals surface area contributed by atoms with Crippen molar-refractivity contribution < 1.29 is 14.3 Å². The Bertz CT molecular complexity index is 814. The van der Waals surface area contributed by atoms with Gasteiger partial charge in [-0.25, -0.2) is 0 Å². The average Bonchev–Trinajstić information content (AvgIpc) is 3.36. The summed E-state index contributed by atoms with van der Waals surface area (Å²) in [7, 11) is 1.82. The second-order valence-electron chi connectivity index (χ2n) is 9.58. The molecule has 1 aromatic carbocycles. The van der Waals surface area contributed by atoms with Gasteiger partial charge in [-0.1, -0.05) is 32.1 Å². The molecule has 0 bridgehead atoms. The highest BCUT2D eigenvalue weighted by Crippen LogP contribution is 2.50. The van der Waals surface area contributed by atoms with Gasteiger partial charge in [-0.3, -0.25) is 4.79 Å². The first-order valence-corrected chi connectivity index (χ1v) is 13.9. The topological polar surface area (TPSA) is 62.8 Å². The second-order valence-corrected chi connectivity index (χ2v) is 10.6. The van der Waals surface area contributed by atoms with Crippen molar-refractivity contribution in [2.75, 3.05) is 46.4 Å². The van der Waals surface area contributed by atoms with E-state index in [4.69, 9.17) is 9.47 Å². The van der Waals surface area contributed by atoms with Crippen LogP contribution in [0.4, 0.5) is 0 Å². The van der Waals surface area contributed by atoms with Gasteiger partial charge in [0.05, 0.1) is 18.0 Å². The van der Waals surface area contributed by atoms with Gasteiger partial charge in [0.15, 0.2) is 0 Å². The van der Waals surface area contributed by atoms with Gasteiger partial charge in [-0.05, 0) is 67.9 Å². The van der Waals surface area contributed by atoms with Gasteiger partial charge in [0.1, 0.15) is 5.75 Å². The summed E-state index contributed by atoms with van der Waals surface area (Å²) in [6, 6.07) is 8.82. The Morgan fingerprint density at radius 2 is 1.94 bits per heavy atom. The number of fused-ring (bicyclic) bond motifs is 3. The number of hydrogen-bond donors (Lipinski definition) is 2. The van der Waals surface area contributed by atoms with E-state index in [1.54, 1.807) is 11.8 Å². The van der Waals surface area contributed by atoms with Crippen LogP contribution in [-0.2, 0) is 9.53 Å². The van der Waals surface area contributed by atoms with E-state index in [1.807, 2.05) is 7.11 Å². The first-order valence-electron chi connectivity index (χ1n) is 13.0. The van der Waals surface area contributed by atoms with Crippen LogP contribution >= 0.6 is 11.8 Å². The Morgan fingerprint density at radius 3 is 2.68 bits per heavy atom. The first-order chi connectivity index (χ1) is 16.7. The number of thioether (sulfide) groups is 1. The molecule has 1 saturated heterocycles. The van der Waals surface area contributed by atoms with E-state index in [0.717, 1.165) is 57.7 Å². The third-order valence-corrected chi connectivity index (χ3v) is 8.92. The van der Waals surface area contributed by atoms with Crippen LogP contribution in [0.2, 0.25) is 0 Å². The lowest BCUT2D eigenvalue weighted by atomic mass is 9.63. The molecule has 2 heterocycles. The van der Waals surface area contributed by atoms with E-state index in [2.05, 4.69) is 65.1 Å². The van der Waals surface area contributed by atoms with E-state index in [1.165, 1.54) is 5.56 Å². The molecule has 0 spiro atoms. The molecule has 6 nitrogen and oxygen atoms in total. The van der Waals surface area contributed by atoms with Crippen molar-refractivity contribution in [3.63, 3.8) is 0 Å². The van der Waals surface area contributed by atoms with E-state index < -0.39 is 0 Å². The third-order valence-electron chi connectivity index (χ3n) is 7.78. The molecule has 2 aliphatic heterocycles. The van der Waals surface area contributed by atoms with Gasteiger partial charge in [0, 0.05) is 38.1 Å². The van der Waals surface area contributed by atoms with E-state index in [-0.39, 0.29) is 35.1 Å². The number of nitrogens with zero attached hydrogens (tertiary/aromatic N) is 1. The Labute approximate surface area is 209 Å². The summed E-state index contributed by atoms with van der Waals surface area (Å²) in [6.07, 6.45) is 5.37. The van der Waals surface area contributed by atoms with Crippen molar-refractivity contribution >= 4 is 17.7 Å². The smallest absolute Gasteiger partial charge is 0.234 e. The van der Waals surface area contributed by atoms with Crippen LogP contribution in [0.1, 0.15) is 44.6 Å². The number of methoxy groups -OCH3 is 1. The fourth-order valence-electron chi connectivity index (χ4n) is 5.91. The summed E-state index contributed by atoms with van der Waals surface area (Å²) in [5, 5.41) is 8.94. The van der Waals surface area contributed by atoms with Crippen LogP contribution in [0.3, 0.4) is 0 Å². The SMILES string of the molecule is CCN(CC)CCNCCCOc1ccc(C2C(OC)CCC3NC(=O)C4SC=CC4C32)cc1. The van der Waals surface area contributed by atoms with Gasteiger partial charge < -0.3 is 25.0 Å². The Balaban J connectivity index is 1.31. The van der Waals surface area contributed by atoms with Crippen molar-refractivity contribution in [1.29, 1.82) is 0 Å². The number of ether oxygens (including phenoxy) is 2. The largest absolute Gasteiger partial charge is 0.494 e. The van der Waals surface area contributed by atoms with E-state index in [0.29, 0.717) is 12.5 Å². The summed E-state index contributed by atoms with van der Waals surface area (Å²) in [5.74, 6) is 2.02. The minimum Gasteiger partial charge on any atom is -0.494 e. The summed E-state index contributed by atoms with van der Waals surface area (Å²) in [6.45, 7) is 10.4. The molecular formula is C27H41N3O3S. The number of carbonyl (C=O) groups excluding carboxylic acids is 1. The van der Waals surface area contributed by atoms with E-state index >= 15 is 0 Å². The lowest BCUT2D eigenvalue weighted by Crippen LogP contribution is -2.59. The van der Waals surface area contributed by atoms with Crippen LogP contribution in [0.5, 0.6) is 5.75 Å². The zero-order chi connectivity index (χ0) is 23.9. The number of benzene rings is 1. The monoisotopic (exact) mass is 487 g/mol. The molecule has 0 radical (unpaired) electrons. The van der Waals surface area contributed by atoms with Crippen molar-refractivity contribution in [2.45, 2.75) is 56.4 Å². The van der Waals surface area contributed by atoms with Crippen molar-refractivity contribution in [3.05, 3.63) is 41.3 Å². The number of likely N-dealkylation sites (N-methyl/N-ethyl adjacent to an activating group) is 1. The molecule has 1 saturated carbocycles. The number of nitrogens with one attached hydrogen (secondary N) is 2. The Morgan fingerprint density at radius 1 is 1.15 bits per heavy atom. The highest BCUT2D eigenvalue weighted by Gasteiger charge is 2.52. The average molecular weight is 488 g/mol. The quantitative estimate of drug-likeness (QED) is 0.439. The molecular weight excluding hydrogens is 446 g/mol. The van der Waals surface area contributed by atoms with Gasteiger partial charge in [-0.15, -0.1) is 11.8 Å². The fourth-order valence-corrected chi connectivity index (χ4v) is 7.00. The Hall–Kier alpha value is -1.54. The molecule has 6 unspecified atom stereocenters. The van der Waals surface area contributed by atoms with Gasteiger partial charge in [0.2, 0.25) is 5.91 Å². The summed E-state index contributed by atoms with van der Waals surface area (Å²) >= 11 is 1.66. The molecule has 6 atom stereocenters. The highest BCUT2D eigenvalue weighted by molar-refractivity contribution is 8.03. The zero-order valence-electron chi connectivity index (χ0n) is 20.9. The molecule has 4 rings (SSSR count). The standard InChI is InChI=1S/C27H41N3O3S/c1-4-30(5-2)16-15-28-14-6-17-33-20-9-7-19(8-10-20)24-23(32-3)12-11-22-25(24)21-13-18-34-26(21)27(31)29-22/h7-10,13,18,21-26,28H,4-6,11-12,14-17H2,1-3H3,(H,29,31). The maximum Gasteiger partial charge on any atom is 0.234 e. The Kier molecular flexibility index (Phi) is 9.34. The van der Waals surface area contributed by atoms with Crippen LogP contribution in [0.25, 0.3) is 0 Å². The van der Waals surface area contributed by atoms with Crippen LogP contribution in [0.15, 0.2) is 35.7 Å². The number of hydrogen-bond acceptors (Lipinski definition) is 6. The van der Waals surface area contributed by atoms with Gasteiger partial charge in [-0.2, -0.15) is 0 Å². The summed E-state index contributed by atoms with van der Waals surface area (Å²) in [5.41, 5.74) is 1.28. The second kappa shape index (κ2) is 12.4. The molecule has 1 aromatic rings. The van der Waals surface area contributed by atoms with Crippen molar-refractivity contribution in [1.82, 2.24) is 15.5 Å². The minimum absolute atomic E-state index is 0.00240. The number of carbonyl (C=O) groups is 1. The molecule has 1 amide bonds. The molecule has 1 aliphatic carbocycles. The molecule has 7 heteroatoms. The number of allylic oxidation sites excluding steroid dienone is 1. The normalized spacial score (nSPS) is 30.2. The van der Waals surface area contributed by atoms with Gasteiger partial charge in [0.25, 0.3) is 0 Å². The first kappa shape index (κ1) is 25.5. The van der Waals surface area contributed by atoms with Crippen LogP contribution in [0, 0.1) is 11.8 Å². The molecule has 3 aliphatic rings.